The van der Waals surface area contributed by atoms with Crippen molar-refractivity contribution in [3.8, 4) is 11.5 Å². The highest BCUT2D eigenvalue weighted by molar-refractivity contribution is 14.1. The molecule has 120 valence electrons. The lowest BCUT2D eigenvalue weighted by molar-refractivity contribution is -0.123. The van der Waals surface area contributed by atoms with Crippen LogP contribution >= 0.6 is 22.6 Å². The van der Waals surface area contributed by atoms with E-state index in [0.29, 0.717) is 11.5 Å². The summed E-state index contributed by atoms with van der Waals surface area (Å²) in [6.45, 7) is -0.123. The summed E-state index contributed by atoms with van der Waals surface area (Å²) in [5, 5.41) is 3.78. The maximum absolute atomic E-state index is 11.6. The fourth-order valence-electron chi connectivity index (χ4n) is 1.58. The minimum Gasteiger partial charge on any atom is -0.497 e. The van der Waals surface area contributed by atoms with E-state index < -0.39 is 0 Å². The van der Waals surface area contributed by atoms with E-state index in [0.717, 1.165) is 9.32 Å². The van der Waals surface area contributed by atoms with Gasteiger partial charge in [-0.2, -0.15) is 5.10 Å². The average Bonchev–Trinajstić information content (AvgIpc) is 3.06. The van der Waals surface area contributed by atoms with Crippen LogP contribution in [0.4, 0.5) is 0 Å². The quantitative estimate of drug-likeness (QED) is 0.420. The molecular formula is C16H15IN2O4. The zero-order valence-corrected chi connectivity index (χ0v) is 14.5. The summed E-state index contributed by atoms with van der Waals surface area (Å²) in [6.07, 6.45) is 6.42. The summed E-state index contributed by atoms with van der Waals surface area (Å²) in [5.41, 5.74) is 2.37. The van der Waals surface area contributed by atoms with Crippen molar-refractivity contribution in [2.45, 2.75) is 0 Å². The van der Waals surface area contributed by atoms with Crippen molar-refractivity contribution < 1.29 is 18.7 Å². The first-order valence-corrected chi connectivity index (χ1v) is 7.75. The molecule has 2 aromatic rings. The number of benzene rings is 1. The van der Waals surface area contributed by atoms with E-state index in [4.69, 9.17) is 13.9 Å². The van der Waals surface area contributed by atoms with Crippen molar-refractivity contribution >= 4 is 40.8 Å². The van der Waals surface area contributed by atoms with Gasteiger partial charge in [0.15, 0.2) is 6.61 Å². The molecule has 6 nitrogen and oxygen atoms in total. The third-order valence-electron chi connectivity index (χ3n) is 2.65. The molecule has 1 N–H and O–H groups in total. The third kappa shape index (κ3) is 5.78. The Bertz CT molecular complexity index is 696. The second-order valence-corrected chi connectivity index (χ2v) is 5.43. The van der Waals surface area contributed by atoms with E-state index in [1.165, 1.54) is 6.21 Å². The number of rotatable bonds is 7. The number of hydrogen-bond acceptors (Lipinski definition) is 5. The van der Waals surface area contributed by atoms with E-state index in [9.17, 15) is 4.79 Å². The number of halogens is 1. The molecule has 1 amide bonds. The van der Waals surface area contributed by atoms with Gasteiger partial charge in [0.2, 0.25) is 0 Å². The molecule has 1 aromatic carbocycles. The topological polar surface area (TPSA) is 73.1 Å². The minimum atomic E-state index is -0.348. The Labute approximate surface area is 147 Å². The Morgan fingerprint density at radius 2 is 2.30 bits per heavy atom. The van der Waals surface area contributed by atoms with Crippen molar-refractivity contribution in [3.05, 3.63) is 52.0 Å². The highest BCUT2D eigenvalue weighted by Crippen LogP contribution is 2.25. The van der Waals surface area contributed by atoms with Crippen molar-refractivity contribution in [1.82, 2.24) is 5.43 Å². The molecule has 0 bridgehead atoms. The molecule has 23 heavy (non-hydrogen) atoms. The fraction of sp³-hybridized carbons (Fsp3) is 0.125. The number of nitrogens with one attached hydrogen (secondary N) is 1. The van der Waals surface area contributed by atoms with Crippen LogP contribution in [0.25, 0.3) is 6.08 Å². The van der Waals surface area contributed by atoms with Gasteiger partial charge >= 0.3 is 0 Å². The largest absolute Gasteiger partial charge is 0.497 e. The number of hydrogen-bond donors (Lipinski definition) is 1. The molecule has 7 heteroatoms. The maximum atomic E-state index is 11.6. The van der Waals surface area contributed by atoms with Gasteiger partial charge < -0.3 is 13.9 Å². The Morgan fingerprint density at radius 1 is 1.43 bits per heavy atom. The number of allylic oxidation sites excluding steroid dienone is 1. The van der Waals surface area contributed by atoms with E-state index >= 15 is 0 Å². The molecule has 0 aliphatic rings. The molecule has 0 saturated carbocycles. The van der Waals surface area contributed by atoms with Crippen LogP contribution in [0.2, 0.25) is 0 Å². The van der Waals surface area contributed by atoms with Gasteiger partial charge in [0, 0.05) is 6.21 Å². The van der Waals surface area contributed by atoms with Crippen molar-refractivity contribution in [2.75, 3.05) is 13.7 Å². The van der Waals surface area contributed by atoms with E-state index in [1.807, 2.05) is 12.1 Å². The van der Waals surface area contributed by atoms with Crippen molar-refractivity contribution in [3.63, 3.8) is 0 Å². The highest BCUT2D eigenvalue weighted by Gasteiger charge is 2.05. The van der Waals surface area contributed by atoms with Crippen LogP contribution in [0.15, 0.2) is 52.2 Å². The van der Waals surface area contributed by atoms with E-state index in [-0.39, 0.29) is 12.5 Å². The number of carbonyl (C=O) groups is 1. The Morgan fingerprint density at radius 3 is 3.00 bits per heavy atom. The zero-order chi connectivity index (χ0) is 16.5. The monoisotopic (exact) mass is 426 g/mol. The van der Waals surface area contributed by atoms with E-state index in [2.05, 4.69) is 33.1 Å². The van der Waals surface area contributed by atoms with E-state index in [1.54, 1.807) is 43.7 Å². The zero-order valence-electron chi connectivity index (χ0n) is 12.4. The molecule has 0 unspecified atom stereocenters. The molecule has 1 heterocycles. The van der Waals surface area contributed by atoms with Crippen LogP contribution in [-0.4, -0.2) is 25.8 Å². The molecule has 0 fully saturated rings. The molecule has 0 aliphatic carbocycles. The summed E-state index contributed by atoms with van der Waals surface area (Å²) in [4.78, 5) is 11.6. The van der Waals surface area contributed by atoms with Gasteiger partial charge in [-0.1, -0.05) is 0 Å². The summed E-state index contributed by atoms with van der Waals surface area (Å²) >= 11 is 2.12. The number of amides is 1. The predicted octanol–water partition coefficient (Wildman–Crippen LogP) is 3.09. The second kappa shape index (κ2) is 8.99. The van der Waals surface area contributed by atoms with Gasteiger partial charge in [-0.15, -0.1) is 0 Å². The predicted molar refractivity (Wildman–Crippen MR) is 95.6 cm³/mol. The molecule has 0 spiro atoms. The lowest BCUT2D eigenvalue weighted by Gasteiger charge is -2.08. The van der Waals surface area contributed by atoms with Gasteiger partial charge in [0.25, 0.3) is 5.91 Å². The second-order valence-electron chi connectivity index (χ2n) is 4.27. The van der Waals surface area contributed by atoms with Crippen LogP contribution in [0, 0.1) is 3.57 Å². The van der Waals surface area contributed by atoms with Crippen LogP contribution in [-0.2, 0) is 4.79 Å². The SMILES string of the molecule is COc1ccc(OCC(=O)N/N=C\C=C\c2ccco2)c(I)c1. The smallest absolute Gasteiger partial charge is 0.277 e. The summed E-state index contributed by atoms with van der Waals surface area (Å²) < 4.78 is 16.5. The first-order valence-electron chi connectivity index (χ1n) is 6.67. The number of nitrogens with zero attached hydrogens (tertiary/aromatic N) is 1. The Kier molecular flexibility index (Phi) is 6.67. The van der Waals surface area contributed by atoms with Gasteiger partial charge in [0.05, 0.1) is 16.9 Å². The molecule has 0 aliphatic heterocycles. The summed E-state index contributed by atoms with van der Waals surface area (Å²) in [7, 11) is 1.59. The molecule has 0 atom stereocenters. The van der Waals surface area contributed by atoms with Crippen molar-refractivity contribution in [1.29, 1.82) is 0 Å². The lowest BCUT2D eigenvalue weighted by Crippen LogP contribution is -2.24. The number of hydrazone groups is 1. The highest BCUT2D eigenvalue weighted by atomic mass is 127. The van der Waals surface area contributed by atoms with Gasteiger partial charge in [-0.3, -0.25) is 4.79 Å². The maximum Gasteiger partial charge on any atom is 0.277 e. The van der Waals surface area contributed by atoms with Crippen LogP contribution in [0.5, 0.6) is 11.5 Å². The third-order valence-corrected chi connectivity index (χ3v) is 3.49. The van der Waals surface area contributed by atoms with Crippen LogP contribution in [0.1, 0.15) is 5.76 Å². The van der Waals surface area contributed by atoms with Gasteiger partial charge in [-0.25, -0.2) is 5.43 Å². The summed E-state index contributed by atoms with van der Waals surface area (Å²) in [5.74, 6) is 1.71. The number of furan rings is 1. The fourth-order valence-corrected chi connectivity index (χ4v) is 2.22. The first-order chi connectivity index (χ1) is 11.2. The molecule has 2 rings (SSSR count). The lowest BCUT2D eigenvalue weighted by atomic mass is 10.3. The molecule has 0 radical (unpaired) electrons. The van der Waals surface area contributed by atoms with Crippen LogP contribution in [0.3, 0.4) is 0 Å². The first kappa shape index (κ1) is 17.1. The van der Waals surface area contributed by atoms with Gasteiger partial charge in [0.1, 0.15) is 17.3 Å². The normalized spacial score (nSPS) is 11.0. The molecule has 0 saturated heterocycles. The van der Waals surface area contributed by atoms with Gasteiger partial charge in [-0.05, 0) is 65.1 Å². The standard InChI is InChI=1S/C16H15IN2O4/c1-21-13-6-7-15(14(17)10-13)23-11-16(20)19-18-8-2-4-12-5-3-9-22-12/h2-10H,11H2,1H3,(H,19,20)/b4-2+,18-8-. The van der Waals surface area contributed by atoms with Crippen LogP contribution < -0.4 is 14.9 Å². The molecular weight excluding hydrogens is 411 g/mol. The Hall–Kier alpha value is -2.29. The molecule has 1 aromatic heterocycles. The van der Waals surface area contributed by atoms with Crippen molar-refractivity contribution in [2.24, 2.45) is 5.10 Å². The Balaban J connectivity index is 1.74. The minimum absolute atomic E-state index is 0.123. The summed E-state index contributed by atoms with van der Waals surface area (Å²) in [6, 6.07) is 8.95. The number of ether oxygens (including phenoxy) is 2. The number of carbonyl (C=O) groups excluding carboxylic acids is 1. The number of methoxy groups -OCH3 is 1. The average molecular weight is 426 g/mol.